The van der Waals surface area contributed by atoms with Gasteiger partial charge in [-0.15, -0.1) is 0 Å². The maximum absolute atomic E-state index is 13.6. The van der Waals surface area contributed by atoms with Crippen LogP contribution in [0.2, 0.25) is 0 Å². The molecule has 0 bridgehead atoms. The summed E-state index contributed by atoms with van der Waals surface area (Å²) in [4.78, 5) is 31.4. The highest BCUT2D eigenvalue weighted by atomic mass is 16.6. The topological polar surface area (TPSA) is 86.4 Å². The molecule has 6 rings (SSSR count). The number of rotatable bonds is 0. The van der Waals surface area contributed by atoms with E-state index in [0.29, 0.717) is 38.1 Å². The Morgan fingerprint density at radius 3 is 2.42 bits per heavy atom. The molecule has 3 heterocycles. The van der Waals surface area contributed by atoms with Gasteiger partial charge in [0.25, 0.3) is 5.56 Å². The van der Waals surface area contributed by atoms with Crippen LogP contribution in [0.4, 0.5) is 4.79 Å². The minimum absolute atomic E-state index is 0.148. The molecule has 1 N–H and O–H groups in total. The minimum atomic E-state index is -0.707. The van der Waals surface area contributed by atoms with Crippen LogP contribution < -0.4 is 5.56 Å². The fourth-order valence-electron chi connectivity index (χ4n) is 4.90. The Morgan fingerprint density at radius 2 is 1.67 bits per heavy atom. The Bertz CT molecular complexity index is 1840. The maximum atomic E-state index is 13.6. The molecule has 3 aromatic heterocycles. The number of fused-ring (bicyclic) bond motifs is 7. The number of aromatic hydroxyl groups is 1. The summed E-state index contributed by atoms with van der Waals surface area (Å²) in [5.41, 5.74) is 0.906. The molecule has 164 valence electrons. The Hall–Kier alpha value is -4.13. The van der Waals surface area contributed by atoms with Crippen molar-refractivity contribution in [2.75, 3.05) is 0 Å². The van der Waals surface area contributed by atoms with Gasteiger partial charge in [-0.25, -0.2) is 9.36 Å². The van der Waals surface area contributed by atoms with Crippen LogP contribution in [-0.4, -0.2) is 30.9 Å². The second-order valence-electron chi connectivity index (χ2n) is 9.37. The maximum Gasteiger partial charge on any atom is 0.419 e. The third kappa shape index (κ3) is 2.47. The number of nitrogens with zero attached hydrogens (tertiary/aromatic N) is 3. The Labute approximate surface area is 187 Å². The van der Waals surface area contributed by atoms with Crippen molar-refractivity contribution in [3.63, 3.8) is 0 Å². The normalized spacial score (nSPS) is 12.6. The van der Waals surface area contributed by atoms with E-state index in [-0.39, 0.29) is 11.4 Å². The van der Waals surface area contributed by atoms with Gasteiger partial charge in [-0.2, -0.15) is 0 Å². The van der Waals surface area contributed by atoms with Gasteiger partial charge in [-0.3, -0.25) is 14.3 Å². The van der Waals surface area contributed by atoms with Crippen LogP contribution in [0.5, 0.6) is 5.88 Å². The SMILES string of the molecule is Cn1c(O)c2c(c1=O)c1cnc3cccc(c31)c1c2c2ccccc2n1C(=O)OC(C)(C)C. The van der Waals surface area contributed by atoms with Gasteiger partial charge in [0.2, 0.25) is 5.88 Å². The van der Waals surface area contributed by atoms with Gasteiger partial charge in [0.15, 0.2) is 0 Å². The largest absolute Gasteiger partial charge is 0.494 e. The van der Waals surface area contributed by atoms with E-state index >= 15 is 0 Å². The third-order valence-corrected chi connectivity index (χ3v) is 6.18. The lowest BCUT2D eigenvalue weighted by Gasteiger charge is -2.20. The second-order valence-corrected chi connectivity index (χ2v) is 9.37. The number of ether oxygens (including phenoxy) is 1. The first kappa shape index (κ1) is 19.5. The summed E-state index contributed by atoms with van der Waals surface area (Å²) in [6.45, 7) is 5.46. The van der Waals surface area contributed by atoms with Crippen molar-refractivity contribution in [2.24, 2.45) is 7.05 Å². The standard InChI is InChI=1S/C26H21N3O4/c1-26(2,3)33-25(32)29-17-11-6-5-8-13(17)19-21-20(23(30)28(4)24(21)31)15-12-27-16-10-7-9-14(18(15)16)22(19)29/h5-12,31H,1-4H3. The van der Waals surface area contributed by atoms with E-state index in [2.05, 4.69) is 4.98 Å². The Balaban J connectivity index is 2.03. The molecule has 0 aliphatic carbocycles. The predicted octanol–water partition coefficient (Wildman–Crippen LogP) is 5.27. The van der Waals surface area contributed by atoms with E-state index in [9.17, 15) is 14.7 Å². The molecule has 0 fully saturated rings. The molecule has 0 radical (unpaired) electrons. The van der Waals surface area contributed by atoms with Crippen LogP contribution in [0.1, 0.15) is 20.8 Å². The van der Waals surface area contributed by atoms with Crippen molar-refractivity contribution >= 4 is 60.3 Å². The van der Waals surface area contributed by atoms with Gasteiger partial charge in [-0.1, -0.05) is 30.3 Å². The third-order valence-electron chi connectivity index (χ3n) is 6.18. The fraction of sp³-hybridized carbons (Fsp3) is 0.192. The van der Waals surface area contributed by atoms with Crippen molar-refractivity contribution in [3.05, 3.63) is 59.0 Å². The van der Waals surface area contributed by atoms with Gasteiger partial charge in [0.1, 0.15) is 5.60 Å². The summed E-state index contributed by atoms with van der Waals surface area (Å²) in [5.74, 6) is -0.148. The highest BCUT2D eigenvalue weighted by Crippen LogP contribution is 2.44. The van der Waals surface area contributed by atoms with Crippen LogP contribution in [0, 0.1) is 0 Å². The van der Waals surface area contributed by atoms with Gasteiger partial charge >= 0.3 is 6.09 Å². The molecule has 0 aliphatic rings. The van der Waals surface area contributed by atoms with Gasteiger partial charge in [-0.05, 0) is 32.9 Å². The monoisotopic (exact) mass is 439 g/mol. The number of carbonyl (C=O) groups is 1. The van der Waals surface area contributed by atoms with Crippen molar-refractivity contribution in [1.82, 2.24) is 14.1 Å². The van der Waals surface area contributed by atoms with Gasteiger partial charge in [0, 0.05) is 40.2 Å². The Kier molecular flexibility index (Phi) is 3.69. The lowest BCUT2D eigenvalue weighted by molar-refractivity contribution is 0.0551. The number of aromatic nitrogens is 3. The molecule has 7 heteroatoms. The van der Waals surface area contributed by atoms with E-state index in [4.69, 9.17) is 4.74 Å². The second kappa shape index (κ2) is 6.22. The number of carbonyl (C=O) groups excluding carboxylic acids is 1. The van der Waals surface area contributed by atoms with Gasteiger partial charge < -0.3 is 9.84 Å². The molecular weight excluding hydrogens is 418 g/mol. The van der Waals surface area contributed by atoms with Crippen LogP contribution in [0.3, 0.4) is 0 Å². The van der Waals surface area contributed by atoms with E-state index in [1.807, 2.05) is 63.2 Å². The highest BCUT2D eigenvalue weighted by molar-refractivity contribution is 6.35. The fourth-order valence-corrected chi connectivity index (χ4v) is 4.90. The predicted molar refractivity (Wildman–Crippen MR) is 129 cm³/mol. The average Bonchev–Trinajstić information content (AvgIpc) is 3.36. The molecule has 3 aromatic carbocycles. The molecule has 7 nitrogen and oxygen atoms in total. The van der Waals surface area contributed by atoms with Crippen LogP contribution >= 0.6 is 0 Å². The average molecular weight is 439 g/mol. The first-order chi connectivity index (χ1) is 15.7. The van der Waals surface area contributed by atoms with E-state index in [1.54, 1.807) is 17.8 Å². The van der Waals surface area contributed by atoms with Crippen molar-refractivity contribution in [1.29, 1.82) is 0 Å². The summed E-state index contributed by atoms with van der Waals surface area (Å²) in [6, 6.07) is 13.1. The lowest BCUT2D eigenvalue weighted by Crippen LogP contribution is -2.27. The molecule has 33 heavy (non-hydrogen) atoms. The van der Waals surface area contributed by atoms with Gasteiger partial charge in [0.05, 0.1) is 27.3 Å². The van der Waals surface area contributed by atoms with E-state index in [0.717, 1.165) is 16.2 Å². The summed E-state index contributed by atoms with van der Waals surface area (Å²) in [7, 11) is 1.54. The minimum Gasteiger partial charge on any atom is -0.494 e. The molecule has 0 atom stereocenters. The number of para-hydroxylation sites is 1. The first-order valence-corrected chi connectivity index (χ1v) is 10.7. The number of hydrogen-bond acceptors (Lipinski definition) is 5. The molecule has 0 amide bonds. The smallest absolute Gasteiger partial charge is 0.419 e. The Morgan fingerprint density at radius 1 is 0.939 bits per heavy atom. The quantitative estimate of drug-likeness (QED) is 0.348. The summed E-state index contributed by atoms with van der Waals surface area (Å²) in [5, 5.41) is 15.5. The number of hydrogen-bond donors (Lipinski definition) is 1. The summed E-state index contributed by atoms with van der Waals surface area (Å²) in [6.07, 6.45) is 1.14. The molecule has 0 saturated heterocycles. The van der Waals surface area contributed by atoms with Crippen molar-refractivity contribution in [3.8, 4) is 5.88 Å². The van der Waals surface area contributed by atoms with Crippen LogP contribution in [0.25, 0.3) is 54.3 Å². The zero-order valence-electron chi connectivity index (χ0n) is 18.6. The zero-order valence-corrected chi connectivity index (χ0v) is 18.6. The lowest BCUT2D eigenvalue weighted by atomic mass is 10.1. The van der Waals surface area contributed by atoms with E-state index < -0.39 is 11.7 Å². The van der Waals surface area contributed by atoms with Crippen LogP contribution in [-0.2, 0) is 11.8 Å². The molecule has 6 aromatic rings. The summed E-state index contributed by atoms with van der Waals surface area (Å²) < 4.78 is 8.57. The van der Waals surface area contributed by atoms with E-state index in [1.165, 1.54) is 4.57 Å². The molecule has 0 saturated carbocycles. The molecule has 0 spiro atoms. The van der Waals surface area contributed by atoms with Crippen molar-refractivity contribution in [2.45, 2.75) is 26.4 Å². The molecule has 0 unspecified atom stereocenters. The highest BCUT2D eigenvalue weighted by Gasteiger charge is 2.28. The van der Waals surface area contributed by atoms with Crippen LogP contribution in [0.15, 0.2) is 53.5 Å². The summed E-state index contributed by atoms with van der Waals surface area (Å²) >= 11 is 0. The zero-order chi connectivity index (χ0) is 23.2. The first-order valence-electron chi connectivity index (χ1n) is 10.7. The molecule has 0 aliphatic heterocycles. The number of benzene rings is 2. The molecular formula is C26H21N3O4. The van der Waals surface area contributed by atoms with Crippen molar-refractivity contribution < 1.29 is 14.6 Å².